The molecule has 1 atom stereocenters. The van der Waals surface area contributed by atoms with Gasteiger partial charge in [-0.1, -0.05) is 6.07 Å². The molecule has 0 bridgehead atoms. The van der Waals surface area contributed by atoms with E-state index >= 15 is 0 Å². The second-order valence-corrected chi connectivity index (χ2v) is 4.31. The fourth-order valence-electron chi connectivity index (χ4n) is 1.29. The van der Waals surface area contributed by atoms with Crippen LogP contribution in [0, 0.1) is 6.92 Å². The van der Waals surface area contributed by atoms with Gasteiger partial charge in [-0.05, 0) is 18.4 Å². The molecule has 0 spiro atoms. The van der Waals surface area contributed by atoms with Gasteiger partial charge in [0, 0.05) is 17.8 Å². The highest BCUT2D eigenvalue weighted by Crippen LogP contribution is 2.18. The second kappa shape index (κ2) is 4.55. The van der Waals surface area contributed by atoms with Crippen molar-refractivity contribution in [3.8, 4) is 0 Å². The summed E-state index contributed by atoms with van der Waals surface area (Å²) in [7, 11) is 0. The molecular weight excluding hydrogens is 210 g/mol. The Kier molecular flexibility index (Phi) is 3.13. The standard InChI is InChI=1S/C10H13N3OS/c1-7(9-4-3-5-15-9)11-6-10-13-12-8(2)14-10/h3-5,7,11H,6H2,1-2H3/t7-/m1/s1. The van der Waals surface area contributed by atoms with Crippen molar-refractivity contribution in [2.75, 3.05) is 0 Å². The van der Waals surface area contributed by atoms with Crippen LogP contribution in [0.15, 0.2) is 21.9 Å². The quantitative estimate of drug-likeness (QED) is 0.864. The van der Waals surface area contributed by atoms with Crippen molar-refractivity contribution >= 4 is 11.3 Å². The second-order valence-electron chi connectivity index (χ2n) is 3.33. The SMILES string of the molecule is Cc1nnc(CN[C@H](C)c2cccs2)o1. The molecule has 0 fully saturated rings. The van der Waals surface area contributed by atoms with Gasteiger partial charge in [0.05, 0.1) is 6.54 Å². The molecule has 0 saturated carbocycles. The van der Waals surface area contributed by atoms with E-state index in [4.69, 9.17) is 4.42 Å². The van der Waals surface area contributed by atoms with Gasteiger partial charge in [-0.25, -0.2) is 0 Å². The molecule has 0 aliphatic rings. The zero-order valence-electron chi connectivity index (χ0n) is 8.73. The van der Waals surface area contributed by atoms with Crippen LogP contribution in [0.3, 0.4) is 0 Å². The third-order valence-electron chi connectivity index (χ3n) is 2.10. The van der Waals surface area contributed by atoms with E-state index in [1.54, 1.807) is 18.3 Å². The first kappa shape index (κ1) is 10.3. The minimum absolute atomic E-state index is 0.317. The molecule has 2 rings (SSSR count). The Balaban J connectivity index is 1.88. The Hall–Kier alpha value is -1.20. The van der Waals surface area contributed by atoms with Crippen LogP contribution < -0.4 is 5.32 Å². The molecule has 0 aromatic carbocycles. The van der Waals surface area contributed by atoms with E-state index in [1.807, 2.05) is 0 Å². The molecule has 0 radical (unpaired) electrons. The van der Waals surface area contributed by atoms with Crippen molar-refractivity contribution in [2.24, 2.45) is 0 Å². The summed E-state index contributed by atoms with van der Waals surface area (Å²) in [6.45, 7) is 4.52. The number of thiophene rings is 1. The van der Waals surface area contributed by atoms with Crippen LogP contribution in [0.1, 0.15) is 29.6 Å². The van der Waals surface area contributed by atoms with Crippen LogP contribution in [-0.2, 0) is 6.54 Å². The molecule has 0 aliphatic heterocycles. The number of nitrogens with one attached hydrogen (secondary N) is 1. The summed E-state index contributed by atoms with van der Waals surface area (Å²) in [6.07, 6.45) is 0. The summed E-state index contributed by atoms with van der Waals surface area (Å²) in [5.41, 5.74) is 0. The molecule has 2 heterocycles. The Bertz CT molecular complexity index is 410. The lowest BCUT2D eigenvalue weighted by molar-refractivity contribution is 0.432. The first-order valence-corrected chi connectivity index (χ1v) is 5.69. The molecule has 4 nitrogen and oxygen atoms in total. The van der Waals surface area contributed by atoms with Crippen molar-refractivity contribution < 1.29 is 4.42 Å². The van der Waals surface area contributed by atoms with E-state index in [1.165, 1.54) is 4.88 Å². The number of aryl methyl sites for hydroxylation is 1. The predicted molar refractivity (Wildman–Crippen MR) is 58.6 cm³/mol. The molecule has 1 N–H and O–H groups in total. The lowest BCUT2D eigenvalue weighted by Gasteiger charge is -2.09. The molecular formula is C10H13N3OS. The maximum absolute atomic E-state index is 5.27. The van der Waals surface area contributed by atoms with Crippen molar-refractivity contribution in [3.05, 3.63) is 34.2 Å². The summed E-state index contributed by atoms with van der Waals surface area (Å²) in [5, 5.41) is 13.1. The van der Waals surface area contributed by atoms with E-state index in [-0.39, 0.29) is 0 Å². The maximum Gasteiger partial charge on any atom is 0.230 e. The van der Waals surface area contributed by atoms with Crippen molar-refractivity contribution in [2.45, 2.75) is 26.4 Å². The van der Waals surface area contributed by atoms with Gasteiger partial charge in [-0.15, -0.1) is 21.5 Å². The molecule has 2 aromatic heterocycles. The van der Waals surface area contributed by atoms with Gasteiger partial charge in [-0.3, -0.25) is 0 Å². The van der Waals surface area contributed by atoms with Crippen molar-refractivity contribution in [1.29, 1.82) is 0 Å². The van der Waals surface area contributed by atoms with E-state index < -0.39 is 0 Å². The number of rotatable bonds is 4. The Morgan fingerprint density at radius 2 is 2.40 bits per heavy atom. The Morgan fingerprint density at radius 3 is 3.00 bits per heavy atom. The van der Waals surface area contributed by atoms with Gasteiger partial charge in [0.2, 0.25) is 11.8 Å². The molecule has 0 saturated heterocycles. The van der Waals surface area contributed by atoms with Crippen LogP contribution in [-0.4, -0.2) is 10.2 Å². The van der Waals surface area contributed by atoms with Crippen LogP contribution >= 0.6 is 11.3 Å². The minimum atomic E-state index is 0.317. The fraction of sp³-hybridized carbons (Fsp3) is 0.400. The number of nitrogens with zero attached hydrogens (tertiary/aromatic N) is 2. The van der Waals surface area contributed by atoms with Gasteiger partial charge in [-0.2, -0.15) is 0 Å². The zero-order chi connectivity index (χ0) is 10.7. The number of hydrogen-bond donors (Lipinski definition) is 1. The van der Waals surface area contributed by atoms with Gasteiger partial charge in [0.25, 0.3) is 0 Å². The molecule has 2 aromatic rings. The van der Waals surface area contributed by atoms with Crippen LogP contribution in [0.25, 0.3) is 0 Å². The summed E-state index contributed by atoms with van der Waals surface area (Å²) in [6, 6.07) is 4.48. The largest absolute Gasteiger partial charge is 0.424 e. The van der Waals surface area contributed by atoms with Crippen LogP contribution in [0.2, 0.25) is 0 Å². The van der Waals surface area contributed by atoms with E-state index in [0.717, 1.165) is 0 Å². The molecule has 15 heavy (non-hydrogen) atoms. The van der Waals surface area contributed by atoms with E-state index in [2.05, 4.69) is 40.0 Å². The molecule has 80 valence electrons. The molecule has 0 amide bonds. The highest BCUT2D eigenvalue weighted by Gasteiger charge is 2.07. The van der Waals surface area contributed by atoms with Crippen LogP contribution in [0.5, 0.6) is 0 Å². The third-order valence-corrected chi connectivity index (χ3v) is 3.15. The lowest BCUT2D eigenvalue weighted by Crippen LogP contribution is -2.17. The number of hydrogen-bond acceptors (Lipinski definition) is 5. The van der Waals surface area contributed by atoms with E-state index in [0.29, 0.717) is 24.4 Å². The Labute approximate surface area is 92.3 Å². The average molecular weight is 223 g/mol. The van der Waals surface area contributed by atoms with Crippen molar-refractivity contribution in [1.82, 2.24) is 15.5 Å². The number of aromatic nitrogens is 2. The Morgan fingerprint density at radius 1 is 1.53 bits per heavy atom. The van der Waals surface area contributed by atoms with Crippen LogP contribution in [0.4, 0.5) is 0 Å². The smallest absolute Gasteiger partial charge is 0.230 e. The van der Waals surface area contributed by atoms with Gasteiger partial charge in [0.1, 0.15) is 0 Å². The molecule has 0 unspecified atom stereocenters. The minimum Gasteiger partial charge on any atom is -0.424 e. The fourth-order valence-corrected chi connectivity index (χ4v) is 2.05. The highest BCUT2D eigenvalue weighted by atomic mass is 32.1. The monoisotopic (exact) mass is 223 g/mol. The van der Waals surface area contributed by atoms with E-state index in [9.17, 15) is 0 Å². The van der Waals surface area contributed by atoms with Crippen molar-refractivity contribution in [3.63, 3.8) is 0 Å². The van der Waals surface area contributed by atoms with Gasteiger partial charge >= 0.3 is 0 Å². The average Bonchev–Trinajstić information content (AvgIpc) is 2.84. The normalized spacial score (nSPS) is 12.9. The predicted octanol–water partition coefficient (Wildman–Crippen LogP) is 2.29. The lowest BCUT2D eigenvalue weighted by atomic mass is 10.3. The molecule has 5 heteroatoms. The first-order valence-electron chi connectivity index (χ1n) is 4.81. The zero-order valence-corrected chi connectivity index (χ0v) is 9.54. The summed E-state index contributed by atoms with van der Waals surface area (Å²) in [4.78, 5) is 1.31. The topological polar surface area (TPSA) is 51.0 Å². The third kappa shape index (κ3) is 2.64. The van der Waals surface area contributed by atoms with Gasteiger partial charge < -0.3 is 9.73 Å². The van der Waals surface area contributed by atoms with Gasteiger partial charge in [0.15, 0.2) is 0 Å². The summed E-state index contributed by atoms with van der Waals surface area (Å²) in [5.74, 6) is 1.24. The highest BCUT2D eigenvalue weighted by molar-refractivity contribution is 7.10. The maximum atomic E-state index is 5.27. The first-order chi connectivity index (χ1) is 7.25. The summed E-state index contributed by atoms with van der Waals surface area (Å²) < 4.78 is 5.27. The summed E-state index contributed by atoms with van der Waals surface area (Å²) >= 11 is 1.74. The molecule has 0 aliphatic carbocycles.